The Labute approximate surface area is 149 Å². The van der Waals surface area contributed by atoms with E-state index in [0.717, 1.165) is 17.3 Å². The van der Waals surface area contributed by atoms with E-state index in [0.29, 0.717) is 12.3 Å². The average Bonchev–Trinajstić information content (AvgIpc) is 3.07. The first-order valence-electron chi connectivity index (χ1n) is 7.60. The first-order valence-corrected chi connectivity index (χ1v) is 10.0. The maximum atomic E-state index is 12.1. The van der Waals surface area contributed by atoms with E-state index in [9.17, 15) is 13.2 Å². The van der Waals surface area contributed by atoms with Crippen molar-refractivity contribution in [3.63, 3.8) is 0 Å². The van der Waals surface area contributed by atoms with Gasteiger partial charge in [0.1, 0.15) is 5.76 Å². The van der Waals surface area contributed by atoms with Gasteiger partial charge in [-0.3, -0.25) is 9.48 Å². The normalized spacial score (nSPS) is 13.0. The maximum absolute atomic E-state index is 12.1. The molecule has 7 nitrogen and oxygen atoms in total. The molecule has 1 N–H and O–H groups in total. The van der Waals surface area contributed by atoms with Crippen LogP contribution >= 0.6 is 15.9 Å². The third-order valence-electron chi connectivity index (χ3n) is 3.34. The number of nitrogens with zero attached hydrogens (tertiary/aromatic N) is 2. The van der Waals surface area contributed by atoms with Gasteiger partial charge in [-0.1, -0.05) is 20.3 Å². The van der Waals surface area contributed by atoms with Crippen LogP contribution in [0.4, 0.5) is 0 Å². The van der Waals surface area contributed by atoms with Crippen LogP contribution in [0, 0.1) is 5.92 Å². The van der Waals surface area contributed by atoms with Gasteiger partial charge in [-0.25, -0.2) is 13.1 Å². The van der Waals surface area contributed by atoms with Crippen LogP contribution in [-0.2, 0) is 16.6 Å². The maximum Gasteiger partial charge on any atom is 0.300 e. The van der Waals surface area contributed by atoms with Crippen LogP contribution in [0.5, 0.6) is 0 Å². The number of nitrogens with one attached hydrogen (secondary N) is 1. The predicted molar refractivity (Wildman–Crippen MR) is 93.1 cm³/mol. The fourth-order valence-corrected chi connectivity index (χ4v) is 4.06. The van der Waals surface area contributed by atoms with E-state index in [2.05, 4.69) is 25.8 Å². The second kappa shape index (κ2) is 7.98. The van der Waals surface area contributed by atoms with E-state index >= 15 is 0 Å². The molecule has 0 aromatic carbocycles. The van der Waals surface area contributed by atoms with Crippen molar-refractivity contribution in [2.45, 2.75) is 33.2 Å². The van der Waals surface area contributed by atoms with Gasteiger partial charge in [0, 0.05) is 6.20 Å². The zero-order valence-electron chi connectivity index (χ0n) is 13.5. The van der Waals surface area contributed by atoms with Gasteiger partial charge < -0.3 is 4.42 Å². The highest BCUT2D eigenvalue weighted by Gasteiger charge is 2.21. The van der Waals surface area contributed by atoms with E-state index in [1.807, 2.05) is 13.8 Å². The van der Waals surface area contributed by atoms with Crippen LogP contribution in [0.1, 0.15) is 43.0 Å². The van der Waals surface area contributed by atoms with Crippen LogP contribution in [0.15, 0.2) is 33.4 Å². The van der Waals surface area contributed by atoms with Gasteiger partial charge in [0.15, 0.2) is 5.76 Å². The Morgan fingerprint density at radius 3 is 2.83 bits per heavy atom. The standard InChI is InChI=1S/C15H20BrN3O4S/c1-3-4-11(2)10-24(21,22)18-15(20)14-6-5-13(23-14)9-19-8-12(16)7-17-19/h5-8,11H,3-4,9-10H2,1-2H3,(H,18,20). The Hall–Kier alpha value is -1.61. The number of amides is 1. The Morgan fingerprint density at radius 1 is 1.46 bits per heavy atom. The second-order valence-corrected chi connectivity index (χ2v) is 8.41. The Morgan fingerprint density at radius 2 is 2.21 bits per heavy atom. The minimum absolute atomic E-state index is 0.00859. The van der Waals surface area contributed by atoms with Crippen molar-refractivity contribution in [1.29, 1.82) is 0 Å². The summed E-state index contributed by atoms with van der Waals surface area (Å²) in [4.78, 5) is 12.1. The summed E-state index contributed by atoms with van der Waals surface area (Å²) in [5.74, 6) is -0.380. The zero-order valence-corrected chi connectivity index (χ0v) is 15.9. The van der Waals surface area contributed by atoms with Crippen LogP contribution in [-0.4, -0.2) is 29.9 Å². The first kappa shape index (κ1) is 18.7. The molecule has 0 aliphatic heterocycles. The molecule has 0 aliphatic rings. The van der Waals surface area contributed by atoms with Gasteiger partial charge in [-0.05, 0) is 40.4 Å². The highest BCUT2D eigenvalue weighted by Crippen LogP contribution is 2.13. The van der Waals surface area contributed by atoms with Gasteiger partial charge in [-0.2, -0.15) is 5.10 Å². The molecule has 0 spiro atoms. The number of carbonyl (C=O) groups is 1. The molecular formula is C15H20BrN3O4S. The summed E-state index contributed by atoms with van der Waals surface area (Å²) in [5.41, 5.74) is 0. The van der Waals surface area contributed by atoms with E-state index in [1.165, 1.54) is 6.07 Å². The predicted octanol–water partition coefficient (Wildman–Crippen LogP) is 2.78. The highest BCUT2D eigenvalue weighted by atomic mass is 79.9. The molecule has 9 heteroatoms. The molecule has 0 fully saturated rings. The molecule has 2 rings (SSSR count). The van der Waals surface area contributed by atoms with E-state index in [4.69, 9.17) is 4.42 Å². The summed E-state index contributed by atoms with van der Waals surface area (Å²) in [6.07, 6.45) is 5.09. The molecule has 0 aliphatic carbocycles. The Balaban J connectivity index is 1.97. The fraction of sp³-hybridized carbons (Fsp3) is 0.467. The molecule has 2 heterocycles. The van der Waals surface area contributed by atoms with Crippen LogP contribution < -0.4 is 4.72 Å². The number of rotatable bonds is 8. The van der Waals surface area contributed by atoms with Crippen molar-refractivity contribution in [1.82, 2.24) is 14.5 Å². The number of halogens is 1. The molecule has 1 atom stereocenters. The Bertz CT molecular complexity index is 797. The SMILES string of the molecule is CCCC(C)CS(=O)(=O)NC(=O)c1ccc(Cn2cc(Br)cn2)o1. The topological polar surface area (TPSA) is 94.2 Å². The molecule has 0 saturated carbocycles. The van der Waals surface area contributed by atoms with Crippen molar-refractivity contribution < 1.29 is 17.6 Å². The quantitative estimate of drug-likeness (QED) is 0.712. The van der Waals surface area contributed by atoms with Gasteiger partial charge in [-0.15, -0.1) is 0 Å². The molecule has 0 saturated heterocycles. The monoisotopic (exact) mass is 417 g/mol. The molecule has 0 radical (unpaired) electrons. The summed E-state index contributed by atoms with van der Waals surface area (Å²) in [7, 11) is -3.68. The van der Waals surface area contributed by atoms with Crippen LogP contribution in [0.25, 0.3) is 0 Å². The lowest BCUT2D eigenvalue weighted by Crippen LogP contribution is -2.34. The molecule has 2 aromatic rings. The average molecular weight is 418 g/mol. The van der Waals surface area contributed by atoms with Crippen molar-refractivity contribution in [2.24, 2.45) is 5.92 Å². The summed E-state index contributed by atoms with van der Waals surface area (Å²) < 4.78 is 33.9. The highest BCUT2D eigenvalue weighted by molar-refractivity contribution is 9.10. The third kappa shape index (κ3) is 5.48. The lowest BCUT2D eigenvalue weighted by molar-refractivity contribution is 0.0952. The molecular weight excluding hydrogens is 398 g/mol. The lowest BCUT2D eigenvalue weighted by atomic mass is 10.1. The van der Waals surface area contributed by atoms with Gasteiger partial charge >= 0.3 is 0 Å². The number of aromatic nitrogens is 2. The number of hydrogen-bond donors (Lipinski definition) is 1. The molecule has 24 heavy (non-hydrogen) atoms. The van der Waals surface area contributed by atoms with E-state index in [1.54, 1.807) is 23.1 Å². The minimum atomic E-state index is -3.68. The first-order chi connectivity index (χ1) is 11.3. The van der Waals surface area contributed by atoms with Crippen molar-refractivity contribution in [3.05, 3.63) is 40.5 Å². The summed E-state index contributed by atoms with van der Waals surface area (Å²) in [6, 6.07) is 3.07. The lowest BCUT2D eigenvalue weighted by Gasteiger charge is -2.11. The number of carbonyl (C=O) groups excluding carboxylic acids is 1. The minimum Gasteiger partial charge on any atom is -0.454 e. The summed E-state index contributed by atoms with van der Waals surface area (Å²) >= 11 is 3.29. The Kier molecular flexibility index (Phi) is 6.22. The molecule has 2 aromatic heterocycles. The molecule has 1 unspecified atom stereocenters. The smallest absolute Gasteiger partial charge is 0.300 e. The number of furan rings is 1. The van der Waals surface area contributed by atoms with Crippen LogP contribution in [0.3, 0.4) is 0 Å². The van der Waals surface area contributed by atoms with Gasteiger partial charge in [0.25, 0.3) is 5.91 Å². The largest absolute Gasteiger partial charge is 0.454 e. The second-order valence-electron chi connectivity index (χ2n) is 5.73. The molecule has 132 valence electrons. The third-order valence-corrected chi connectivity index (χ3v) is 5.25. The van der Waals surface area contributed by atoms with E-state index < -0.39 is 15.9 Å². The van der Waals surface area contributed by atoms with Crippen molar-refractivity contribution in [2.75, 3.05) is 5.75 Å². The van der Waals surface area contributed by atoms with Gasteiger partial charge in [0.2, 0.25) is 10.0 Å². The van der Waals surface area contributed by atoms with Crippen molar-refractivity contribution >= 4 is 31.9 Å². The summed E-state index contributed by atoms with van der Waals surface area (Å²) in [6.45, 7) is 4.18. The van der Waals surface area contributed by atoms with Crippen LogP contribution in [0.2, 0.25) is 0 Å². The van der Waals surface area contributed by atoms with E-state index in [-0.39, 0.29) is 17.4 Å². The fourth-order valence-electron chi connectivity index (χ4n) is 2.35. The summed E-state index contributed by atoms with van der Waals surface area (Å²) in [5, 5.41) is 4.09. The van der Waals surface area contributed by atoms with Gasteiger partial charge in [0.05, 0.1) is 23.0 Å². The number of sulfonamides is 1. The van der Waals surface area contributed by atoms with Crippen molar-refractivity contribution in [3.8, 4) is 0 Å². The zero-order chi connectivity index (χ0) is 17.7. The molecule has 0 bridgehead atoms. The molecule has 1 amide bonds. The number of hydrogen-bond acceptors (Lipinski definition) is 5.